The first-order valence-electron chi connectivity index (χ1n) is 10.5. The maximum Gasteiger partial charge on any atom is 0.224 e. The molecule has 1 amide bonds. The van der Waals surface area contributed by atoms with Gasteiger partial charge in [0.2, 0.25) is 5.91 Å². The molecule has 1 saturated heterocycles. The average molecular weight is 458 g/mol. The minimum Gasteiger partial charge on any atom is -0.353 e. The number of aliphatic imine (C=N–C) groups is 1. The highest BCUT2D eigenvalue weighted by molar-refractivity contribution is 8.15. The molecule has 6 nitrogen and oxygen atoms in total. The number of aryl methyl sites for hydroxylation is 1. The minimum atomic E-state index is -2.94. The molecule has 0 aromatic heterocycles. The van der Waals surface area contributed by atoms with Crippen molar-refractivity contribution < 1.29 is 13.2 Å². The number of hydrogen-bond acceptors (Lipinski definition) is 6. The molecule has 8 heteroatoms. The van der Waals surface area contributed by atoms with Crippen LogP contribution >= 0.6 is 11.8 Å². The molecule has 2 N–H and O–H groups in total. The van der Waals surface area contributed by atoms with E-state index in [2.05, 4.69) is 27.8 Å². The van der Waals surface area contributed by atoms with Crippen molar-refractivity contribution >= 4 is 38.4 Å². The summed E-state index contributed by atoms with van der Waals surface area (Å²) in [5.74, 6) is 0.369. The lowest BCUT2D eigenvalue weighted by Gasteiger charge is -2.14. The SMILES string of the molecule is C[C@H](CCc1ccccc1)NC(=O)Cc1ccc(NC2=N[C@@H]3CS(=O)(=O)C[C@H]3S2)cc1. The number of amidine groups is 1. The van der Waals surface area contributed by atoms with E-state index in [1.54, 1.807) is 0 Å². The van der Waals surface area contributed by atoms with Crippen LogP contribution < -0.4 is 10.6 Å². The van der Waals surface area contributed by atoms with Gasteiger partial charge in [-0.25, -0.2) is 8.42 Å². The fraction of sp³-hybridized carbons (Fsp3) is 0.391. The summed E-state index contributed by atoms with van der Waals surface area (Å²) in [6, 6.07) is 18.0. The summed E-state index contributed by atoms with van der Waals surface area (Å²) in [5.41, 5.74) is 3.11. The predicted octanol–water partition coefficient (Wildman–Crippen LogP) is 3.05. The maximum absolute atomic E-state index is 12.4. The molecule has 3 atom stereocenters. The van der Waals surface area contributed by atoms with Gasteiger partial charge in [-0.15, -0.1) is 0 Å². The van der Waals surface area contributed by atoms with Crippen molar-refractivity contribution in [2.24, 2.45) is 4.99 Å². The van der Waals surface area contributed by atoms with Gasteiger partial charge in [0.15, 0.2) is 15.0 Å². The van der Waals surface area contributed by atoms with Crippen LogP contribution in [0.4, 0.5) is 5.69 Å². The molecule has 0 saturated carbocycles. The quantitative estimate of drug-likeness (QED) is 0.667. The second-order valence-corrected chi connectivity index (χ2v) is 11.6. The van der Waals surface area contributed by atoms with Crippen LogP contribution in [0.3, 0.4) is 0 Å². The van der Waals surface area contributed by atoms with Gasteiger partial charge in [0.05, 0.1) is 24.0 Å². The molecule has 2 aromatic carbocycles. The molecular weight excluding hydrogens is 430 g/mol. The molecule has 31 heavy (non-hydrogen) atoms. The Bertz CT molecular complexity index is 1050. The van der Waals surface area contributed by atoms with Crippen molar-refractivity contribution in [1.82, 2.24) is 5.32 Å². The van der Waals surface area contributed by atoms with Crippen molar-refractivity contribution in [2.45, 2.75) is 43.5 Å². The zero-order valence-electron chi connectivity index (χ0n) is 17.5. The molecule has 4 rings (SSSR count). The first-order chi connectivity index (χ1) is 14.9. The topological polar surface area (TPSA) is 87.6 Å². The second-order valence-electron chi connectivity index (χ2n) is 8.23. The molecular formula is C23H27N3O3S2. The van der Waals surface area contributed by atoms with Gasteiger partial charge in [0.1, 0.15) is 0 Å². The van der Waals surface area contributed by atoms with E-state index in [9.17, 15) is 13.2 Å². The van der Waals surface area contributed by atoms with E-state index in [0.717, 1.165) is 29.3 Å². The molecule has 164 valence electrons. The molecule has 2 aromatic rings. The Hall–Kier alpha value is -2.32. The Balaban J connectivity index is 1.23. The Kier molecular flexibility index (Phi) is 6.67. The van der Waals surface area contributed by atoms with Gasteiger partial charge in [0, 0.05) is 17.0 Å². The van der Waals surface area contributed by atoms with Crippen LogP contribution in [-0.4, -0.2) is 48.3 Å². The Morgan fingerprint density at radius 2 is 1.84 bits per heavy atom. The standard InChI is InChI=1S/C23H27N3O3S2/c1-16(7-8-17-5-3-2-4-6-17)24-22(27)13-18-9-11-19(12-10-18)25-23-26-20-14-31(28,29)15-21(20)30-23/h2-6,9-12,16,20-21H,7-8,13-15H2,1H3,(H,24,27)(H,25,26)/t16-,20-,21-/m1/s1. The third-order valence-corrected chi connectivity index (χ3v) is 8.65. The zero-order chi connectivity index (χ0) is 21.8. The van der Waals surface area contributed by atoms with Crippen molar-refractivity contribution in [3.63, 3.8) is 0 Å². The summed E-state index contributed by atoms with van der Waals surface area (Å²) in [6.45, 7) is 2.04. The van der Waals surface area contributed by atoms with E-state index in [4.69, 9.17) is 0 Å². The number of amides is 1. The Morgan fingerprint density at radius 1 is 1.10 bits per heavy atom. The van der Waals surface area contributed by atoms with E-state index in [1.165, 1.54) is 17.3 Å². The molecule has 2 heterocycles. The van der Waals surface area contributed by atoms with Crippen LogP contribution in [0.25, 0.3) is 0 Å². The lowest BCUT2D eigenvalue weighted by molar-refractivity contribution is -0.121. The summed E-state index contributed by atoms with van der Waals surface area (Å²) in [4.78, 5) is 16.9. The summed E-state index contributed by atoms with van der Waals surface area (Å²) in [6.07, 6.45) is 2.19. The summed E-state index contributed by atoms with van der Waals surface area (Å²) >= 11 is 1.50. The van der Waals surface area contributed by atoms with Crippen LogP contribution in [0, 0.1) is 0 Å². The highest BCUT2D eigenvalue weighted by Crippen LogP contribution is 2.34. The van der Waals surface area contributed by atoms with Gasteiger partial charge in [-0.2, -0.15) is 0 Å². The number of carbonyl (C=O) groups excluding carboxylic acids is 1. The number of thioether (sulfide) groups is 1. The number of benzene rings is 2. The van der Waals surface area contributed by atoms with Crippen LogP contribution in [0.1, 0.15) is 24.5 Å². The molecule has 2 aliphatic rings. The molecule has 0 bridgehead atoms. The number of rotatable bonds is 7. The van der Waals surface area contributed by atoms with E-state index < -0.39 is 9.84 Å². The number of anilines is 1. The smallest absolute Gasteiger partial charge is 0.224 e. The number of fused-ring (bicyclic) bond motifs is 1. The van der Waals surface area contributed by atoms with E-state index in [0.29, 0.717) is 6.42 Å². The minimum absolute atomic E-state index is 0.0195. The summed E-state index contributed by atoms with van der Waals surface area (Å²) in [7, 11) is -2.94. The van der Waals surface area contributed by atoms with E-state index >= 15 is 0 Å². The molecule has 0 spiro atoms. The first-order valence-corrected chi connectivity index (χ1v) is 13.2. The van der Waals surface area contributed by atoms with Crippen LogP contribution in [0.5, 0.6) is 0 Å². The van der Waals surface area contributed by atoms with Crippen LogP contribution in [0.15, 0.2) is 59.6 Å². The Labute approximate surface area is 187 Å². The van der Waals surface area contributed by atoms with Gasteiger partial charge >= 0.3 is 0 Å². The molecule has 2 aliphatic heterocycles. The van der Waals surface area contributed by atoms with Crippen LogP contribution in [-0.2, 0) is 27.5 Å². The second kappa shape index (κ2) is 9.44. The van der Waals surface area contributed by atoms with Crippen molar-refractivity contribution in [1.29, 1.82) is 0 Å². The van der Waals surface area contributed by atoms with Gasteiger partial charge < -0.3 is 10.6 Å². The fourth-order valence-corrected chi connectivity index (χ4v) is 7.53. The summed E-state index contributed by atoms with van der Waals surface area (Å²) < 4.78 is 23.3. The highest BCUT2D eigenvalue weighted by Gasteiger charge is 2.42. The highest BCUT2D eigenvalue weighted by atomic mass is 32.2. The lowest BCUT2D eigenvalue weighted by Crippen LogP contribution is -2.34. The van der Waals surface area contributed by atoms with E-state index in [1.807, 2.05) is 49.4 Å². The van der Waals surface area contributed by atoms with Crippen molar-refractivity contribution in [3.8, 4) is 0 Å². The predicted molar refractivity (Wildman–Crippen MR) is 127 cm³/mol. The lowest BCUT2D eigenvalue weighted by atomic mass is 10.1. The van der Waals surface area contributed by atoms with Crippen LogP contribution in [0.2, 0.25) is 0 Å². The third kappa shape index (κ3) is 6.11. The number of hydrogen-bond donors (Lipinski definition) is 2. The number of sulfone groups is 1. The first kappa shape index (κ1) is 21.9. The van der Waals surface area contributed by atoms with E-state index in [-0.39, 0.29) is 34.7 Å². The maximum atomic E-state index is 12.4. The molecule has 1 fully saturated rings. The number of carbonyl (C=O) groups is 1. The van der Waals surface area contributed by atoms with Gasteiger partial charge in [-0.1, -0.05) is 54.2 Å². The number of nitrogens with one attached hydrogen (secondary N) is 2. The Morgan fingerprint density at radius 3 is 2.55 bits per heavy atom. The summed E-state index contributed by atoms with van der Waals surface area (Å²) in [5, 5.41) is 7.13. The molecule has 0 radical (unpaired) electrons. The average Bonchev–Trinajstić information content (AvgIpc) is 3.21. The normalized spacial score (nSPS) is 22.4. The monoisotopic (exact) mass is 457 g/mol. The van der Waals surface area contributed by atoms with Gasteiger partial charge in [-0.3, -0.25) is 9.79 Å². The largest absolute Gasteiger partial charge is 0.353 e. The van der Waals surface area contributed by atoms with Gasteiger partial charge in [0.25, 0.3) is 0 Å². The zero-order valence-corrected chi connectivity index (χ0v) is 19.1. The van der Waals surface area contributed by atoms with Gasteiger partial charge in [-0.05, 0) is 43.0 Å². The third-order valence-electron chi connectivity index (χ3n) is 5.50. The van der Waals surface area contributed by atoms with Crippen molar-refractivity contribution in [2.75, 3.05) is 16.8 Å². The molecule has 0 aliphatic carbocycles. The fourth-order valence-electron chi connectivity index (χ4n) is 3.86. The number of nitrogens with zero attached hydrogens (tertiary/aromatic N) is 1. The molecule has 0 unspecified atom stereocenters. The van der Waals surface area contributed by atoms with Crippen molar-refractivity contribution in [3.05, 3.63) is 65.7 Å².